The van der Waals surface area contributed by atoms with Crippen LogP contribution in [0.1, 0.15) is 5.56 Å². The van der Waals surface area contributed by atoms with E-state index in [4.69, 9.17) is 5.11 Å². The van der Waals surface area contributed by atoms with Crippen molar-refractivity contribution in [2.24, 2.45) is 0 Å². The van der Waals surface area contributed by atoms with Crippen LogP contribution in [0.2, 0.25) is 0 Å². The number of pyridine rings is 1. The van der Waals surface area contributed by atoms with Crippen LogP contribution >= 0.6 is 0 Å². The van der Waals surface area contributed by atoms with Crippen molar-refractivity contribution >= 4 is 12.1 Å². The summed E-state index contributed by atoms with van der Waals surface area (Å²) >= 11 is 0. The second-order valence-corrected chi connectivity index (χ2v) is 2.32. The minimum Gasteiger partial charge on any atom is -0.616 e. The van der Waals surface area contributed by atoms with E-state index in [-0.39, 0.29) is 10.6 Å². The largest absolute Gasteiger partial charge is 0.616 e. The molecule has 0 radical (unpaired) electrons. The fourth-order valence-electron chi connectivity index (χ4n) is 0.835. The van der Waals surface area contributed by atoms with Crippen molar-refractivity contribution < 1.29 is 14.6 Å². The van der Waals surface area contributed by atoms with Crippen molar-refractivity contribution in [3.63, 3.8) is 0 Å². The summed E-state index contributed by atoms with van der Waals surface area (Å²) < 4.78 is 0.277. The monoisotopic (exact) mass is 168 g/mol. The highest BCUT2D eigenvalue weighted by Crippen LogP contribution is 2.14. The number of carbonyl (C=O) groups excluding carboxylic acids is 1. The van der Waals surface area contributed by atoms with Gasteiger partial charge in [-0.3, -0.25) is 4.79 Å². The molecule has 1 amide bonds. The van der Waals surface area contributed by atoms with E-state index in [9.17, 15) is 10.0 Å². The molecule has 0 aliphatic rings. The standard InChI is InChI=1S/C7H8N2O3/c1-5-2-7(11)9(12)3-6(5)8-4-10/h2-4,11H,1H3,(H,8,10). The maximum Gasteiger partial charge on any atom is 0.377 e. The third-order valence-corrected chi connectivity index (χ3v) is 1.46. The van der Waals surface area contributed by atoms with E-state index in [2.05, 4.69) is 5.32 Å². The molecule has 0 aliphatic heterocycles. The SMILES string of the molecule is Cc1cc(O)[n+]([O-])cc1NC=O. The Kier molecular flexibility index (Phi) is 2.14. The number of aryl methyl sites for hydroxylation is 1. The van der Waals surface area contributed by atoms with E-state index in [0.29, 0.717) is 17.7 Å². The second kappa shape index (κ2) is 3.08. The smallest absolute Gasteiger partial charge is 0.377 e. The number of hydrogen-bond donors (Lipinski definition) is 2. The van der Waals surface area contributed by atoms with E-state index in [0.717, 1.165) is 6.20 Å². The zero-order valence-electron chi connectivity index (χ0n) is 6.44. The number of aromatic hydroxyl groups is 1. The van der Waals surface area contributed by atoms with Gasteiger partial charge in [-0.1, -0.05) is 0 Å². The molecule has 0 atom stereocenters. The first-order chi connectivity index (χ1) is 5.65. The molecule has 5 heteroatoms. The van der Waals surface area contributed by atoms with Gasteiger partial charge in [0.25, 0.3) is 0 Å². The molecule has 0 unspecified atom stereocenters. The highest BCUT2D eigenvalue weighted by molar-refractivity contribution is 5.72. The fraction of sp³-hybridized carbons (Fsp3) is 0.143. The first kappa shape index (κ1) is 8.32. The molecule has 64 valence electrons. The van der Waals surface area contributed by atoms with Gasteiger partial charge in [0.2, 0.25) is 12.6 Å². The van der Waals surface area contributed by atoms with Crippen LogP contribution in [0.3, 0.4) is 0 Å². The Hall–Kier alpha value is -1.78. The second-order valence-electron chi connectivity index (χ2n) is 2.32. The molecule has 0 fully saturated rings. The van der Waals surface area contributed by atoms with Crippen molar-refractivity contribution in [2.45, 2.75) is 6.92 Å². The predicted molar refractivity (Wildman–Crippen MR) is 41.5 cm³/mol. The molecule has 1 rings (SSSR count). The number of hydrogen-bond acceptors (Lipinski definition) is 3. The highest BCUT2D eigenvalue weighted by atomic mass is 16.5. The van der Waals surface area contributed by atoms with Gasteiger partial charge in [0.15, 0.2) is 0 Å². The Bertz CT molecular complexity index is 312. The van der Waals surface area contributed by atoms with Gasteiger partial charge in [-0.25, -0.2) is 0 Å². The summed E-state index contributed by atoms with van der Waals surface area (Å²) in [6.07, 6.45) is 1.57. The van der Waals surface area contributed by atoms with E-state index in [1.807, 2.05) is 0 Å². The average molecular weight is 168 g/mol. The molecule has 0 aromatic carbocycles. The number of nitrogens with zero attached hydrogens (tertiary/aromatic N) is 1. The molecule has 1 aromatic rings. The van der Waals surface area contributed by atoms with Gasteiger partial charge in [-0.2, -0.15) is 0 Å². The maximum absolute atomic E-state index is 10.8. The molecule has 5 nitrogen and oxygen atoms in total. The zero-order chi connectivity index (χ0) is 9.14. The number of anilines is 1. The summed E-state index contributed by atoms with van der Waals surface area (Å²) in [5, 5.41) is 22.0. The summed E-state index contributed by atoms with van der Waals surface area (Å²) in [5.74, 6) is -0.385. The van der Waals surface area contributed by atoms with Crippen LogP contribution in [0.15, 0.2) is 12.3 Å². The third-order valence-electron chi connectivity index (χ3n) is 1.46. The van der Waals surface area contributed by atoms with Gasteiger partial charge < -0.3 is 15.6 Å². The zero-order valence-corrected chi connectivity index (χ0v) is 6.44. The van der Waals surface area contributed by atoms with E-state index in [1.165, 1.54) is 6.07 Å². The Morgan fingerprint density at radius 3 is 3.00 bits per heavy atom. The van der Waals surface area contributed by atoms with Crippen LogP contribution < -0.4 is 10.0 Å². The van der Waals surface area contributed by atoms with Crippen molar-refractivity contribution in [1.82, 2.24) is 0 Å². The number of rotatable bonds is 2. The molecule has 0 saturated carbocycles. The molecule has 2 N–H and O–H groups in total. The third kappa shape index (κ3) is 1.45. The molecule has 12 heavy (non-hydrogen) atoms. The highest BCUT2D eigenvalue weighted by Gasteiger charge is 2.07. The fourth-order valence-corrected chi connectivity index (χ4v) is 0.835. The minimum atomic E-state index is -0.385. The molecular formula is C7H8N2O3. The van der Waals surface area contributed by atoms with Crippen molar-refractivity contribution in [2.75, 3.05) is 5.32 Å². The normalized spacial score (nSPS) is 9.42. The van der Waals surface area contributed by atoms with Crippen molar-refractivity contribution in [3.8, 4) is 5.88 Å². The van der Waals surface area contributed by atoms with Gasteiger partial charge in [-0.15, -0.1) is 4.73 Å². The number of amides is 1. The first-order valence-corrected chi connectivity index (χ1v) is 3.28. The van der Waals surface area contributed by atoms with E-state index >= 15 is 0 Å². The van der Waals surface area contributed by atoms with Crippen LogP contribution in [0.5, 0.6) is 5.88 Å². The lowest BCUT2D eigenvalue weighted by atomic mass is 10.2. The molecule has 0 saturated heterocycles. The quantitative estimate of drug-likeness (QED) is 0.368. The maximum atomic E-state index is 10.8. The number of carbonyl (C=O) groups is 1. The molecule has 1 aromatic heterocycles. The Labute approximate surface area is 68.8 Å². The summed E-state index contributed by atoms with van der Waals surface area (Å²) in [6, 6.07) is 1.28. The van der Waals surface area contributed by atoms with Crippen LogP contribution in [-0.4, -0.2) is 11.5 Å². The van der Waals surface area contributed by atoms with E-state index in [1.54, 1.807) is 6.92 Å². The van der Waals surface area contributed by atoms with Gasteiger partial charge in [0.05, 0.1) is 6.07 Å². The lowest BCUT2D eigenvalue weighted by molar-refractivity contribution is -0.612. The van der Waals surface area contributed by atoms with Crippen molar-refractivity contribution in [3.05, 3.63) is 23.0 Å². The summed E-state index contributed by atoms with van der Waals surface area (Å²) in [7, 11) is 0. The lowest BCUT2D eigenvalue weighted by Crippen LogP contribution is -2.26. The van der Waals surface area contributed by atoms with Gasteiger partial charge in [0, 0.05) is 0 Å². The molecule has 0 aliphatic carbocycles. The Morgan fingerprint density at radius 2 is 2.42 bits per heavy atom. The lowest BCUT2D eigenvalue weighted by Gasteiger charge is -2.04. The van der Waals surface area contributed by atoms with Crippen LogP contribution in [0.4, 0.5) is 5.69 Å². The molecule has 1 heterocycles. The Balaban J connectivity index is 3.13. The van der Waals surface area contributed by atoms with E-state index < -0.39 is 0 Å². The van der Waals surface area contributed by atoms with Crippen LogP contribution in [-0.2, 0) is 4.79 Å². The first-order valence-electron chi connectivity index (χ1n) is 3.28. The molecule has 0 spiro atoms. The molecule has 0 bridgehead atoms. The molecular weight excluding hydrogens is 160 g/mol. The average Bonchev–Trinajstić information content (AvgIpc) is 2.01. The van der Waals surface area contributed by atoms with Gasteiger partial charge >= 0.3 is 5.88 Å². The minimum absolute atomic E-state index is 0.277. The topological polar surface area (TPSA) is 76.3 Å². The number of aromatic nitrogens is 1. The number of nitrogens with one attached hydrogen (secondary N) is 1. The van der Waals surface area contributed by atoms with Gasteiger partial charge in [0.1, 0.15) is 5.69 Å². The van der Waals surface area contributed by atoms with Crippen LogP contribution in [0, 0.1) is 12.1 Å². The van der Waals surface area contributed by atoms with Crippen molar-refractivity contribution in [1.29, 1.82) is 0 Å². The van der Waals surface area contributed by atoms with Crippen LogP contribution in [0.25, 0.3) is 0 Å². The summed E-state index contributed by atoms with van der Waals surface area (Å²) in [4.78, 5) is 10.0. The summed E-state index contributed by atoms with van der Waals surface area (Å²) in [5.41, 5.74) is 1.02. The summed E-state index contributed by atoms with van der Waals surface area (Å²) in [6.45, 7) is 1.67. The van der Waals surface area contributed by atoms with Gasteiger partial charge in [-0.05, 0) is 12.5 Å². The Morgan fingerprint density at radius 1 is 1.75 bits per heavy atom. The predicted octanol–water partition coefficient (Wildman–Crippen LogP) is -0.0977.